The summed E-state index contributed by atoms with van der Waals surface area (Å²) in [6.45, 7) is 10.6. The van der Waals surface area contributed by atoms with E-state index in [1.807, 2.05) is 11.1 Å². The van der Waals surface area contributed by atoms with E-state index in [0.717, 1.165) is 98.6 Å². The number of nitrogens with two attached hydrogens (primary N) is 2. The van der Waals surface area contributed by atoms with Gasteiger partial charge in [0.15, 0.2) is 0 Å². The molecule has 2 aromatic heterocycles. The van der Waals surface area contributed by atoms with Crippen LogP contribution in [0.3, 0.4) is 0 Å². The molecule has 3 heterocycles. The molecule has 4 amide bonds. The van der Waals surface area contributed by atoms with Crippen LogP contribution in [-0.4, -0.2) is 90.5 Å². The highest BCUT2D eigenvalue weighted by molar-refractivity contribution is 5.87. The molecular weight excluding hydrogens is 833 g/mol. The first kappa shape index (κ1) is 51.1. The third-order valence-corrected chi connectivity index (χ3v) is 12.8. The summed E-state index contributed by atoms with van der Waals surface area (Å²) in [5.74, 6) is 3.33. The Bertz CT molecular complexity index is 2350. The predicted molar refractivity (Wildman–Crippen MR) is 262 cm³/mol. The molecular formula is C52H72N8O6. The van der Waals surface area contributed by atoms with Gasteiger partial charge in [-0.25, -0.2) is 9.97 Å². The number of likely N-dealkylation sites (tertiary alicyclic amines) is 1. The molecule has 1 aliphatic heterocycles. The average molecular weight is 905 g/mol. The lowest BCUT2D eigenvalue weighted by Crippen LogP contribution is -2.33. The Morgan fingerprint density at radius 3 is 2.21 bits per heavy atom. The fourth-order valence-electron chi connectivity index (χ4n) is 10.1. The van der Waals surface area contributed by atoms with Crippen molar-refractivity contribution in [3.8, 4) is 33.5 Å². The Kier molecular flexibility index (Phi) is 19.9. The number of imidazole rings is 2. The number of carbonyl (C=O) groups excluding carboxylic acids is 4. The number of nitrogens with zero attached hydrogens (tertiary/aromatic N) is 3. The molecule has 3 aromatic carbocycles. The number of aromatic amines is 2. The van der Waals surface area contributed by atoms with Gasteiger partial charge in [0.1, 0.15) is 18.3 Å². The van der Waals surface area contributed by atoms with Crippen molar-refractivity contribution < 1.29 is 28.7 Å². The van der Waals surface area contributed by atoms with Gasteiger partial charge in [0.25, 0.3) is 0 Å². The van der Waals surface area contributed by atoms with E-state index in [1.165, 1.54) is 70.2 Å². The highest BCUT2D eigenvalue weighted by atomic mass is 16.5. The summed E-state index contributed by atoms with van der Waals surface area (Å²) >= 11 is 0. The van der Waals surface area contributed by atoms with Gasteiger partial charge in [0.05, 0.1) is 35.6 Å². The first-order valence-electron chi connectivity index (χ1n) is 23.8. The Morgan fingerprint density at radius 1 is 0.864 bits per heavy atom. The monoisotopic (exact) mass is 905 g/mol. The zero-order chi connectivity index (χ0) is 47.6. The van der Waals surface area contributed by atoms with E-state index < -0.39 is 0 Å². The number of hydrogen-bond donors (Lipinski definition) is 5. The fraction of sp³-hybridized carbons (Fsp3) is 0.500. The molecule has 2 fully saturated rings. The number of fused-ring (bicyclic) bond motifs is 5. The zero-order valence-electron chi connectivity index (χ0n) is 39.9. The van der Waals surface area contributed by atoms with Crippen LogP contribution in [0, 0.1) is 5.92 Å². The quantitative estimate of drug-likeness (QED) is 0.0538. The Hall–Kier alpha value is -5.86. The summed E-state index contributed by atoms with van der Waals surface area (Å²) in [7, 11) is 3.30. The highest BCUT2D eigenvalue weighted by Crippen LogP contribution is 2.57. The molecule has 3 unspecified atom stereocenters. The lowest BCUT2D eigenvalue weighted by Gasteiger charge is -2.32. The third kappa shape index (κ3) is 11.7. The summed E-state index contributed by atoms with van der Waals surface area (Å²) in [6.07, 6.45) is 16.4. The molecule has 1 saturated carbocycles. The van der Waals surface area contributed by atoms with Crippen LogP contribution in [0.1, 0.15) is 137 Å². The SMILES string of the molecule is CCC.CCC.COCC(=O)N1CCCC1c1nc2ccc(-c3ccc(-c4ccc(-c5cnc([C@H](CCCNC=O)COC)[nH]5)c5c4CCC5)c4c3CC3CCC43)cc2[nH]1.NC=O.NC=O. The summed E-state index contributed by atoms with van der Waals surface area (Å²) in [6, 6.07) is 16.1. The van der Waals surface area contributed by atoms with Crippen molar-refractivity contribution in [3.05, 3.63) is 82.6 Å². The molecule has 0 bridgehead atoms. The van der Waals surface area contributed by atoms with E-state index in [9.17, 15) is 9.59 Å². The largest absolute Gasteiger partial charge is 0.384 e. The lowest BCUT2D eigenvalue weighted by molar-refractivity contribution is -0.136. The number of ether oxygens (including phenoxy) is 2. The zero-order valence-corrected chi connectivity index (χ0v) is 39.9. The maximum Gasteiger partial charge on any atom is 0.249 e. The van der Waals surface area contributed by atoms with Crippen molar-refractivity contribution in [2.24, 2.45) is 17.4 Å². The second-order valence-electron chi connectivity index (χ2n) is 17.4. The van der Waals surface area contributed by atoms with Crippen LogP contribution in [-0.2, 0) is 47.9 Å². The van der Waals surface area contributed by atoms with E-state index >= 15 is 0 Å². The molecule has 5 aromatic rings. The van der Waals surface area contributed by atoms with Gasteiger partial charge < -0.3 is 41.1 Å². The lowest BCUT2D eigenvalue weighted by atomic mass is 9.72. The topological polar surface area (TPSA) is 211 Å². The number of rotatable bonds is 14. The summed E-state index contributed by atoms with van der Waals surface area (Å²) in [5, 5.41) is 2.77. The van der Waals surface area contributed by atoms with Crippen molar-refractivity contribution in [2.75, 3.05) is 40.5 Å². The van der Waals surface area contributed by atoms with E-state index in [0.29, 0.717) is 19.1 Å². The minimum absolute atomic E-state index is 0.0195. The van der Waals surface area contributed by atoms with Gasteiger partial charge in [0, 0.05) is 38.8 Å². The number of H-pyrrole nitrogens is 2. The number of aromatic nitrogens is 4. The van der Waals surface area contributed by atoms with Gasteiger partial charge in [0.2, 0.25) is 25.1 Å². The van der Waals surface area contributed by atoms with Crippen LogP contribution in [0.15, 0.2) is 48.7 Å². The molecule has 1 saturated heterocycles. The van der Waals surface area contributed by atoms with Crippen molar-refractivity contribution in [1.29, 1.82) is 0 Å². The number of nitrogens with one attached hydrogen (secondary N) is 3. The molecule has 4 atom stereocenters. The number of benzene rings is 3. The maximum atomic E-state index is 12.8. The molecule has 14 nitrogen and oxygen atoms in total. The Balaban J connectivity index is 0.000000618. The van der Waals surface area contributed by atoms with Crippen LogP contribution < -0.4 is 16.8 Å². The summed E-state index contributed by atoms with van der Waals surface area (Å²) < 4.78 is 10.7. The van der Waals surface area contributed by atoms with Crippen LogP contribution >= 0.6 is 0 Å². The fourth-order valence-corrected chi connectivity index (χ4v) is 10.1. The van der Waals surface area contributed by atoms with E-state index in [4.69, 9.17) is 29.0 Å². The number of primary amides is 2. The van der Waals surface area contributed by atoms with Gasteiger partial charge >= 0.3 is 0 Å². The highest BCUT2D eigenvalue weighted by Gasteiger charge is 2.42. The molecule has 3 aliphatic carbocycles. The minimum Gasteiger partial charge on any atom is -0.384 e. The molecule has 0 radical (unpaired) electrons. The van der Waals surface area contributed by atoms with Gasteiger partial charge in [-0.05, 0) is 133 Å². The number of amides is 4. The maximum absolute atomic E-state index is 12.8. The molecule has 14 heteroatoms. The van der Waals surface area contributed by atoms with Crippen LogP contribution in [0.2, 0.25) is 0 Å². The number of hydrogen-bond acceptors (Lipinski definition) is 8. The van der Waals surface area contributed by atoms with Crippen molar-refractivity contribution in [2.45, 2.75) is 123 Å². The first-order valence-corrected chi connectivity index (χ1v) is 23.8. The van der Waals surface area contributed by atoms with Gasteiger partial charge in [-0.2, -0.15) is 0 Å². The number of carbonyl (C=O) groups is 4. The normalized spacial score (nSPS) is 17.7. The molecule has 356 valence electrons. The van der Waals surface area contributed by atoms with Crippen molar-refractivity contribution >= 4 is 36.2 Å². The molecule has 4 aliphatic rings. The predicted octanol–water partition coefficient (Wildman–Crippen LogP) is 8.43. The van der Waals surface area contributed by atoms with Crippen molar-refractivity contribution in [1.82, 2.24) is 30.2 Å². The van der Waals surface area contributed by atoms with Crippen molar-refractivity contribution in [3.63, 3.8) is 0 Å². The minimum atomic E-state index is -0.0404. The Morgan fingerprint density at radius 2 is 1.55 bits per heavy atom. The average Bonchev–Trinajstić information content (AvgIpc) is 4.16. The standard InChI is InChI=1S/C44H50N6O4.2C3H8.2CH3NO/c1-53-23-28(6-4-18-45-25-51)43-46-22-39(49-43)34-15-14-33(31-7-3-8-32(31)34)35-16-13-29(36-20-26-10-12-30(26)42(35)36)27-11-17-37-38(21-27)48-44(47-37)40-9-5-19-50(40)41(52)24-54-2;2*1-3-2;2*2-1-3/h11,13-17,21-22,25-26,28,30,40H,3-10,12,18-20,23-24H2,1-2H3,(H,45,51)(H,46,49)(H,47,48);2*3H2,1-2H3;2*1H,(H2,2,3)/t26?,28-,30?,40?;;;;/m1..../s1. The summed E-state index contributed by atoms with van der Waals surface area (Å²) in [4.78, 5) is 59.6. The van der Waals surface area contributed by atoms with Crippen LogP contribution in [0.25, 0.3) is 44.5 Å². The summed E-state index contributed by atoms with van der Waals surface area (Å²) in [5.41, 5.74) is 24.0. The smallest absolute Gasteiger partial charge is 0.249 e. The number of methoxy groups -OCH3 is 2. The molecule has 9 rings (SSSR count). The Labute approximate surface area is 390 Å². The molecule has 7 N–H and O–H groups in total. The van der Waals surface area contributed by atoms with Crippen LogP contribution in [0.5, 0.6) is 0 Å². The van der Waals surface area contributed by atoms with E-state index in [1.54, 1.807) is 19.8 Å². The van der Waals surface area contributed by atoms with Gasteiger partial charge in [-0.3, -0.25) is 19.2 Å². The van der Waals surface area contributed by atoms with E-state index in [2.05, 4.69) is 96.9 Å². The van der Waals surface area contributed by atoms with Crippen LogP contribution in [0.4, 0.5) is 0 Å². The van der Waals surface area contributed by atoms with Gasteiger partial charge in [-0.1, -0.05) is 70.9 Å². The first-order chi connectivity index (χ1) is 32.2. The second-order valence-corrected chi connectivity index (χ2v) is 17.4. The van der Waals surface area contributed by atoms with E-state index in [-0.39, 0.29) is 37.3 Å². The molecule has 66 heavy (non-hydrogen) atoms. The third-order valence-electron chi connectivity index (χ3n) is 12.8. The second kappa shape index (κ2) is 25.7. The molecule has 0 spiro atoms. The van der Waals surface area contributed by atoms with Gasteiger partial charge in [-0.15, -0.1) is 0 Å².